The molecule has 0 spiro atoms. The summed E-state index contributed by atoms with van der Waals surface area (Å²) in [6.45, 7) is 7.46. The average molecular weight is 663 g/mol. The number of hydrogen-bond acceptors (Lipinski definition) is 9. The van der Waals surface area contributed by atoms with Gasteiger partial charge in [0.25, 0.3) is 12.9 Å². The average Bonchev–Trinajstić information content (AvgIpc) is 3.62. The monoisotopic (exact) mass is 662 g/mol. The largest absolute Gasteiger partial charge is 0.429 e. The fraction of sp³-hybridized carbons (Fsp3) is 0.308. The molecular weight excluding hydrogens is 621 g/mol. The summed E-state index contributed by atoms with van der Waals surface area (Å²) in [4.78, 5) is 40.6. The molecule has 248 valence electrons. The molecule has 4 aromatic heterocycles. The van der Waals surface area contributed by atoms with E-state index in [9.17, 15) is 9.59 Å². The van der Waals surface area contributed by atoms with Gasteiger partial charge in [-0.15, -0.1) is 11.3 Å². The lowest BCUT2D eigenvalue weighted by atomic mass is 10.1. The van der Waals surface area contributed by atoms with Gasteiger partial charge in [-0.25, -0.2) is 4.98 Å². The van der Waals surface area contributed by atoms with Gasteiger partial charge in [-0.1, -0.05) is 64.5 Å². The quantitative estimate of drug-likeness (QED) is 0.0637. The summed E-state index contributed by atoms with van der Waals surface area (Å²) in [6.07, 6.45) is 13.4. The molecule has 48 heavy (non-hydrogen) atoms. The number of carbonyl (C=O) groups excluding carboxylic acids is 2. The number of carbonyl (C=O) groups is 2. The van der Waals surface area contributed by atoms with Crippen molar-refractivity contribution < 1.29 is 19.1 Å². The third kappa shape index (κ3) is 9.35. The molecular formula is C39H42N4O4S. The van der Waals surface area contributed by atoms with E-state index in [1.807, 2.05) is 12.1 Å². The number of thiophene rings is 1. The Bertz CT molecular complexity index is 1760. The van der Waals surface area contributed by atoms with Crippen LogP contribution in [0.4, 0.5) is 5.69 Å². The molecule has 0 amide bonds. The second kappa shape index (κ2) is 17.9. The molecule has 8 nitrogen and oxygen atoms in total. The van der Waals surface area contributed by atoms with Crippen LogP contribution in [0.3, 0.4) is 0 Å². The number of nitrogens with zero attached hydrogens (tertiary/aromatic N) is 4. The van der Waals surface area contributed by atoms with E-state index in [1.54, 1.807) is 41.8 Å². The van der Waals surface area contributed by atoms with Gasteiger partial charge < -0.3 is 14.4 Å². The maximum Gasteiger partial charge on any atom is 0.298 e. The molecule has 5 aromatic rings. The van der Waals surface area contributed by atoms with Crippen LogP contribution in [-0.4, -0.2) is 41.0 Å². The number of aromatic nitrogens is 3. The van der Waals surface area contributed by atoms with Gasteiger partial charge in [0, 0.05) is 59.1 Å². The van der Waals surface area contributed by atoms with Crippen LogP contribution in [0.2, 0.25) is 0 Å². The van der Waals surface area contributed by atoms with Gasteiger partial charge in [0.1, 0.15) is 11.5 Å². The van der Waals surface area contributed by atoms with Gasteiger partial charge in [-0.05, 0) is 66.4 Å². The standard InChI is InChI=1S/C39H42N4O4S/c1-3-5-7-9-21-43(22-10-8-6-4-2)31-13-11-29(12-14-31)38-15-16-39(48-38)30-17-19-40-34(23-30)36-25-33(47-28-45)26-37(42-36)35-24-32(46-27-44)18-20-41-35/h11-20,23-28H,3-10,21-22H2,1-2H3. The Hall–Kier alpha value is -4.89. The zero-order valence-electron chi connectivity index (χ0n) is 27.6. The third-order valence-electron chi connectivity index (χ3n) is 8.15. The molecule has 5 rings (SSSR count). The van der Waals surface area contributed by atoms with E-state index in [-0.39, 0.29) is 0 Å². The third-order valence-corrected chi connectivity index (χ3v) is 9.34. The molecule has 1 aromatic carbocycles. The fourth-order valence-corrected chi connectivity index (χ4v) is 6.62. The molecule has 4 heterocycles. The molecule has 0 atom stereocenters. The zero-order chi connectivity index (χ0) is 33.6. The van der Waals surface area contributed by atoms with Gasteiger partial charge in [0.2, 0.25) is 0 Å². The molecule has 0 aliphatic rings. The van der Waals surface area contributed by atoms with Crippen LogP contribution >= 0.6 is 11.3 Å². The van der Waals surface area contributed by atoms with Crippen molar-refractivity contribution >= 4 is 30.0 Å². The first-order valence-corrected chi connectivity index (χ1v) is 17.5. The van der Waals surface area contributed by atoms with Crippen molar-refractivity contribution in [2.24, 2.45) is 0 Å². The minimum Gasteiger partial charge on any atom is -0.429 e. The molecule has 0 fully saturated rings. The Morgan fingerprint density at radius 3 is 1.79 bits per heavy atom. The minimum absolute atomic E-state index is 0.294. The van der Waals surface area contributed by atoms with E-state index >= 15 is 0 Å². The number of anilines is 1. The summed E-state index contributed by atoms with van der Waals surface area (Å²) in [5.74, 6) is 0.619. The summed E-state index contributed by atoms with van der Waals surface area (Å²) < 4.78 is 10.2. The van der Waals surface area contributed by atoms with Crippen molar-refractivity contribution in [3.8, 4) is 55.2 Å². The normalized spacial score (nSPS) is 10.9. The number of hydrogen-bond donors (Lipinski definition) is 0. The zero-order valence-corrected chi connectivity index (χ0v) is 28.5. The first-order chi connectivity index (χ1) is 23.6. The molecule has 9 heteroatoms. The van der Waals surface area contributed by atoms with E-state index in [1.165, 1.54) is 73.7 Å². The summed E-state index contributed by atoms with van der Waals surface area (Å²) in [7, 11) is 0. The van der Waals surface area contributed by atoms with E-state index in [0.717, 1.165) is 23.5 Å². The number of unbranched alkanes of at least 4 members (excludes halogenated alkanes) is 6. The van der Waals surface area contributed by atoms with Crippen LogP contribution in [0.1, 0.15) is 65.2 Å². The van der Waals surface area contributed by atoms with Gasteiger partial charge in [-0.2, -0.15) is 0 Å². The summed E-state index contributed by atoms with van der Waals surface area (Å²) in [5, 5.41) is 0. The Balaban J connectivity index is 1.36. The second-order valence-electron chi connectivity index (χ2n) is 11.6. The molecule has 0 aliphatic carbocycles. The van der Waals surface area contributed by atoms with E-state index in [0.29, 0.717) is 47.2 Å². The summed E-state index contributed by atoms with van der Waals surface area (Å²) in [5.41, 5.74) is 5.51. The fourth-order valence-electron chi connectivity index (χ4n) is 5.61. The van der Waals surface area contributed by atoms with Gasteiger partial charge in [0.15, 0.2) is 0 Å². The second-order valence-corrected chi connectivity index (χ2v) is 12.7. The first kappa shape index (κ1) is 34.4. The van der Waals surface area contributed by atoms with Crippen molar-refractivity contribution in [2.45, 2.75) is 65.2 Å². The Labute approximate surface area is 286 Å². The molecule has 0 saturated carbocycles. The minimum atomic E-state index is 0.294. The molecule has 0 N–H and O–H groups in total. The van der Waals surface area contributed by atoms with Crippen LogP contribution in [0, 0.1) is 0 Å². The van der Waals surface area contributed by atoms with E-state index in [2.05, 4.69) is 65.1 Å². The SMILES string of the molecule is CCCCCCN(CCCCCC)c1ccc(-c2ccc(-c3ccnc(-c4cc(OC=O)cc(-c5cc(OC=O)ccn5)n4)c3)s2)cc1. The van der Waals surface area contributed by atoms with Crippen LogP contribution in [0.5, 0.6) is 11.5 Å². The van der Waals surface area contributed by atoms with Gasteiger partial charge >= 0.3 is 0 Å². The predicted octanol–water partition coefficient (Wildman–Crippen LogP) is 9.64. The van der Waals surface area contributed by atoms with Crippen LogP contribution in [-0.2, 0) is 9.59 Å². The first-order valence-electron chi connectivity index (χ1n) is 16.7. The van der Waals surface area contributed by atoms with Crippen LogP contribution in [0.15, 0.2) is 85.2 Å². The maximum atomic E-state index is 11.2. The Morgan fingerprint density at radius 2 is 1.17 bits per heavy atom. The van der Waals surface area contributed by atoms with Crippen molar-refractivity contribution in [3.05, 3.63) is 85.2 Å². The highest BCUT2D eigenvalue weighted by Crippen LogP contribution is 2.37. The van der Waals surface area contributed by atoms with Gasteiger partial charge in [0.05, 0.1) is 22.8 Å². The lowest BCUT2D eigenvalue weighted by Crippen LogP contribution is -2.25. The van der Waals surface area contributed by atoms with Crippen molar-refractivity contribution in [1.82, 2.24) is 15.0 Å². The molecule has 0 saturated heterocycles. The topological polar surface area (TPSA) is 94.5 Å². The number of ether oxygens (including phenoxy) is 2. The summed E-state index contributed by atoms with van der Waals surface area (Å²) in [6, 6.07) is 23.7. The smallest absolute Gasteiger partial charge is 0.298 e. The molecule has 0 aliphatic heterocycles. The van der Waals surface area contributed by atoms with Crippen molar-refractivity contribution in [2.75, 3.05) is 18.0 Å². The highest BCUT2D eigenvalue weighted by atomic mass is 32.1. The number of pyridine rings is 3. The van der Waals surface area contributed by atoms with Crippen molar-refractivity contribution in [3.63, 3.8) is 0 Å². The van der Waals surface area contributed by atoms with Crippen molar-refractivity contribution in [1.29, 1.82) is 0 Å². The molecule has 0 radical (unpaired) electrons. The Kier molecular flexibility index (Phi) is 12.8. The number of rotatable bonds is 19. The number of benzene rings is 1. The lowest BCUT2D eigenvalue weighted by Gasteiger charge is -2.25. The highest BCUT2D eigenvalue weighted by molar-refractivity contribution is 7.18. The maximum absolute atomic E-state index is 11.2. The van der Waals surface area contributed by atoms with E-state index < -0.39 is 0 Å². The van der Waals surface area contributed by atoms with Crippen LogP contribution in [0.25, 0.3) is 43.7 Å². The Morgan fingerprint density at radius 1 is 0.604 bits per heavy atom. The highest BCUT2D eigenvalue weighted by Gasteiger charge is 2.14. The molecule has 0 unspecified atom stereocenters. The predicted molar refractivity (Wildman–Crippen MR) is 193 cm³/mol. The molecule has 0 bridgehead atoms. The lowest BCUT2D eigenvalue weighted by molar-refractivity contribution is -0.121. The van der Waals surface area contributed by atoms with Crippen LogP contribution < -0.4 is 14.4 Å². The summed E-state index contributed by atoms with van der Waals surface area (Å²) >= 11 is 1.73. The van der Waals surface area contributed by atoms with Gasteiger partial charge in [-0.3, -0.25) is 19.6 Å². The van der Waals surface area contributed by atoms with E-state index in [4.69, 9.17) is 14.5 Å².